The molecule has 136 valence electrons. The van der Waals surface area contributed by atoms with Crippen LogP contribution in [0.25, 0.3) is 10.9 Å². The summed E-state index contributed by atoms with van der Waals surface area (Å²) in [5.41, 5.74) is 4.76. The third kappa shape index (κ3) is 3.41. The maximum atomic E-state index is 6.18. The van der Waals surface area contributed by atoms with E-state index in [0.717, 1.165) is 44.0 Å². The van der Waals surface area contributed by atoms with Crippen molar-refractivity contribution < 1.29 is 0 Å². The highest BCUT2D eigenvalue weighted by molar-refractivity contribution is 6.28. The van der Waals surface area contributed by atoms with Gasteiger partial charge in [0.15, 0.2) is 0 Å². The van der Waals surface area contributed by atoms with E-state index in [1.807, 2.05) is 0 Å². The Hall–Kier alpha value is -2.11. The lowest BCUT2D eigenvalue weighted by Gasteiger charge is -2.31. The van der Waals surface area contributed by atoms with E-state index in [2.05, 4.69) is 69.5 Å². The summed E-state index contributed by atoms with van der Waals surface area (Å²) in [7, 11) is 0. The number of rotatable bonds is 5. The number of aromatic amines is 1. The number of benzene rings is 1. The number of fused-ring (bicyclic) bond motifs is 2. The molecule has 0 atom stereocenters. The Bertz CT molecular complexity index is 918. The molecule has 0 radical (unpaired) electrons. The van der Waals surface area contributed by atoms with Gasteiger partial charge >= 0.3 is 0 Å². The predicted molar refractivity (Wildman–Crippen MR) is 107 cm³/mol. The molecule has 0 aliphatic carbocycles. The lowest BCUT2D eigenvalue weighted by molar-refractivity contribution is 0.200. The van der Waals surface area contributed by atoms with Crippen LogP contribution in [0.1, 0.15) is 30.7 Å². The fraction of sp³-hybridized carbons (Fsp3) is 0.400. The average Bonchev–Trinajstić information content (AvgIpc) is 3.04. The second-order valence-corrected chi connectivity index (χ2v) is 7.46. The molecule has 2 aromatic heterocycles. The molecule has 2 N–H and O–H groups in total. The van der Waals surface area contributed by atoms with Gasteiger partial charge in [-0.2, -0.15) is 0 Å². The molecule has 3 aromatic rings. The molecule has 0 unspecified atom stereocenters. The monoisotopic (exact) mass is 369 g/mol. The summed E-state index contributed by atoms with van der Waals surface area (Å²) in [6, 6.07) is 8.90. The first-order chi connectivity index (χ1) is 12.6. The van der Waals surface area contributed by atoms with Crippen molar-refractivity contribution in [2.75, 3.05) is 18.4 Å². The molecule has 0 bridgehead atoms. The van der Waals surface area contributed by atoms with Crippen LogP contribution in [-0.4, -0.2) is 39.0 Å². The lowest BCUT2D eigenvalue weighted by Crippen LogP contribution is -2.37. The maximum Gasteiger partial charge on any atom is 0.224 e. The van der Waals surface area contributed by atoms with Gasteiger partial charge in [0.05, 0.1) is 5.69 Å². The van der Waals surface area contributed by atoms with Crippen LogP contribution < -0.4 is 5.32 Å². The number of aromatic nitrogens is 3. The highest BCUT2D eigenvalue weighted by Crippen LogP contribution is 2.26. The van der Waals surface area contributed by atoms with Gasteiger partial charge in [0.1, 0.15) is 5.82 Å². The largest absolute Gasteiger partial charge is 0.369 e. The molecule has 26 heavy (non-hydrogen) atoms. The fourth-order valence-electron chi connectivity index (χ4n) is 3.66. The Morgan fingerprint density at radius 1 is 1.27 bits per heavy atom. The molecule has 1 aliphatic rings. The standard InChI is InChI=1S/C20H24ClN5/c1-13(2)26-10-8-16-18(12-26)24-20(21)25-19(16)22-9-7-14-11-23-17-6-4-3-5-15(14)17/h3-6,11,13,23H,7-10,12H2,1-2H3,(H,22,24,25). The topological polar surface area (TPSA) is 56.8 Å². The Balaban J connectivity index is 1.49. The van der Waals surface area contributed by atoms with Gasteiger partial charge in [0.2, 0.25) is 5.28 Å². The van der Waals surface area contributed by atoms with Gasteiger partial charge in [-0.15, -0.1) is 0 Å². The van der Waals surface area contributed by atoms with E-state index < -0.39 is 0 Å². The Morgan fingerprint density at radius 3 is 2.96 bits per heavy atom. The van der Waals surface area contributed by atoms with Crippen LogP contribution in [0.5, 0.6) is 0 Å². The van der Waals surface area contributed by atoms with Crippen molar-refractivity contribution in [2.24, 2.45) is 0 Å². The summed E-state index contributed by atoms with van der Waals surface area (Å²) in [6.45, 7) is 7.12. The van der Waals surface area contributed by atoms with Crippen LogP contribution in [0.4, 0.5) is 5.82 Å². The molecular weight excluding hydrogens is 346 g/mol. The van der Waals surface area contributed by atoms with Crippen LogP contribution in [0.15, 0.2) is 30.5 Å². The summed E-state index contributed by atoms with van der Waals surface area (Å²) in [6.07, 6.45) is 3.98. The Kier molecular flexibility index (Phi) is 4.83. The first kappa shape index (κ1) is 17.3. The van der Waals surface area contributed by atoms with Crippen LogP contribution in [0, 0.1) is 0 Å². The minimum Gasteiger partial charge on any atom is -0.369 e. The van der Waals surface area contributed by atoms with E-state index in [9.17, 15) is 0 Å². The number of H-pyrrole nitrogens is 1. The van der Waals surface area contributed by atoms with E-state index in [-0.39, 0.29) is 0 Å². The van der Waals surface area contributed by atoms with Crippen molar-refractivity contribution in [3.8, 4) is 0 Å². The number of hydrogen-bond donors (Lipinski definition) is 2. The van der Waals surface area contributed by atoms with E-state index in [0.29, 0.717) is 11.3 Å². The summed E-state index contributed by atoms with van der Waals surface area (Å²) < 4.78 is 0. The zero-order valence-electron chi connectivity index (χ0n) is 15.2. The highest BCUT2D eigenvalue weighted by atomic mass is 35.5. The first-order valence-corrected chi connectivity index (χ1v) is 9.58. The number of halogens is 1. The number of nitrogens with one attached hydrogen (secondary N) is 2. The summed E-state index contributed by atoms with van der Waals surface area (Å²) >= 11 is 6.18. The lowest BCUT2D eigenvalue weighted by atomic mass is 10.0. The number of nitrogens with zero attached hydrogens (tertiary/aromatic N) is 3. The van der Waals surface area contributed by atoms with Crippen molar-refractivity contribution in [3.05, 3.63) is 52.6 Å². The van der Waals surface area contributed by atoms with E-state index in [1.54, 1.807) is 0 Å². The molecule has 6 heteroatoms. The van der Waals surface area contributed by atoms with E-state index in [1.165, 1.54) is 22.0 Å². The molecule has 1 aliphatic heterocycles. The molecule has 1 aromatic carbocycles. The molecule has 0 amide bonds. The van der Waals surface area contributed by atoms with Crippen molar-refractivity contribution >= 4 is 28.3 Å². The molecule has 0 saturated heterocycles. The van der Waals surface area contributed by atoms with E-state index >= 15 is 0 Å². The normalized spacial score (nSPS) is 14.8. The van der Waals surface area contributed by atoms with Crippen LogP contribution >= 0.6 is 11.6 Å². The van der Waals surface area contributed by atoms with Gasteiger partial charge in [0.25, 0.3) is 0 Å². The van der Waals surface area contributed by atoms with Crippen molar-refractivity contribution in [2.45, 2.75) is 39.3 Å². The van der Waals surface area contributed by atoms with Gasteiger partial charge in [-0.3, -0.25) is 4.90 Å². The molecular formula is C20H24ClN5. The zero-order valence-corrected chi connectivity index (χ0v) is 16.0. The summed E-state index contributed by atoms with van der Waals surface area (Å²) in [5.74, 6) is 0.892. The predicted octanol–water partition coefficient (Wildman–Crippen LogP) is 4.03. The van der Waals surface area contributed by atoms with Crippen LogP contribution in [0.3, 0.4) is 0 Å². The van der Waals surface area contributed by atoms with Gasteiger partial charge in [-0.25, -0.2) is 9.97 Å². The SMILES string of the molecule is CC(C)N1CCc2c(nc(Cl)nc2NCCc2c[nH]c3ccccc23)C1. The summed E-state index contributed by atoms with van der Waals surface area (Å²) in [4.78, 5) is 14.7. The minimum atomic E-state index is 0.323. The number of para-hydroxylation sites is 1. The second-order valence-electron chi connectivity index (χ2n) is 7.12. The molecule has 0 fully saturated rings. The quantitative estimate of drug-likeness (QED) is 0.666. The second kappa shape index (κ2) is 7.25. The van der Waals surface area contributed by atoms with Gasteiger partial charge in [-0.1, -0.05) is 18.2 Å². The van der Waals surface area contributed by atoms with Crippen molar-refractivity contribution in [1.82, 2.24) is 19.9 Å². The van der Waals surface area contributed by atoms with Crippen molar-refractivity contribution in [3.63, 3.8) is 0 Å². The molecule has 5 nitrogen and oxygen atoms in total. The smallest absolute Gasteiger partial charge is 0.224 e. The van der Waals surface area contributed by atoms with Crippen LogP contribution in [-0.2, 0) is 19.4 Å². The van der Waals surface area contributed by atoms with Gasteiger partial charge in [-0.05, 0) is 49.9 Å². The number of hydrogen-bond acceptors (Lipinski definition) is 4. The number of anilines is 1. The fourth-order valence-corrected chi connectivity index (χ4v) is 3.85. The third-order valence-corrected chi connectivity index (χ3v) is 5.33. The van der Waals surface area contributed by atoms with E-state index in [4.69, 9.17) is 11.6 Å². The van der Waals surface area contributed by atoms with Crippen LogP contribution in [0.2, 0.25) is 5.28 Å². The Labute approximate surface area is 158 Å². The third-order valence-electron chi connectivity index (χ3n) is 5.16. The highest BCUT2D eigenvalue weighted by Gasteiger charge is 2.23. The van der Waals surface area contributed by atoms with Gasteiger partial charge < -0.3 is 10.3 Å². The molecule has 0 saturated carbocycles. The minimum absolute atomic E-state index is 0.323. The Morgan fingerprint density at radius 2 is 2.12 bits per heavy atom. The summed E-state index contributed by atoms with van der Waals surface area (Å²) in [5, 5.41) is 5.10. The molecule has 3 heterocycles. The average molecular weight is 370 g/mol. The molecule has 0 spiro atoms. The van der Waals surface area contributed by atoms with Crippen molar-refractivity contribution in [1.29, 1.82) is 0 Å². The first-order valence-electron chi connectivity index (χ1n) is 9.20. The molecule has 4 rings (SSSR count). The maximum absolute atomic E-state index is 6.18. The zero-order chi connectivity index (χ0) is 18.1. The van der Waals surface area contributed by atoms with Gasteiger partial charge in [0, 0.05) is 48.3 Å².